The molecular weight excluding hydrogens is 402 g/mol. The summed E-state index contributed by atoms with van der Waals surface area (Å²) in [7, 11) is 1.46. The second-order valence-corrected chi connectivity index (χ2v) is 6.86. The molecule has 2 aromatic carbocycles. The van der Waals surface area contributed by atoms with Crippen molar-refractivity contribution in [2.45, 2.75) is 18.5 Å². The minimum Gasteiger partial charge on any atom is -0.481 e. The number of nitrogens with one attached hydrogen (secondary N) is 2. The smallest absolute Gasteiger partial charge is 0.316 e. The molecule has 0 bridgehead atoms. The van der Waals surface area contributed by atoms with E-state index in [9.17, 15) is 24.3 Å². The molecule has 0 saturated heterocycles. The second kappa shape index (κ2) is 9.57. The summed E-state index contributed by atoms with van der Waals surface area (Å²) in [4.78, 5) is 49.1. The van der Waals surface area contributed by atoms with Crippen LogP contribution in [0.1, 0.15) is 18.0 Å². The van der Waals surface area contributed by atoms with E-state index in [1.54, 1.807) is 36.4 Å². The summed E-state index contributed by atoms with van der Waals surface area (Å²) in [5.74, 6) is -1.22. The number of hydrogen-bond donors (Lipinski definition) is 3. The summed E-state index contributed by atoms with van der Waals surface area (Å²) >= 11 is 0. The molecule has 9 nitrogen and oxygen atoms in total. The van der Waals surface area contributed by atoms with Crippen LogP contribution in [0.5, 0.6) is 11.5 Å². The molecule has 3 rings (SSSR count). The first-order valence-corrected chi connectivity index (χ1v) is 9.44. The summed E-state index contributed by atoms with van der Waals surface area (Å²) in [6.45, 7) is 0. The molecule has 9 heteroatoms. The average Bonchev–Trinajstić information content (AvgIpc) is 2.74. The topological polar surface area (TPSA) is 125 Å². The number of amides is 3. The van der Waals surface area contributed by atoms with Crippen LogP contribution in [0.4, 0.5) is 4.79 Å². The van der Waals surface area contributed by atoms with Gasteiger partial charge in [-0.05, 0) is 29.8 Å². The molecule has 3 N–H and O–H groups in total. The van der Waals surface area contributed by atoms with Crippen molar-refractivity contribution in [3.63, 3.8) is 0 Å². The zero-order valence-electron chi connectivity index (χ0n) is 16.6. The van der Waals surface area contributed by atoms with Gasteiger partial charge in [0.1, 0.15) is 11.5 Å². The molecule has 3 amide bonds. The lowest BCUT2D eigenvalue weighted by molar-refractivity contribution is -0.138. The number of urea groups is 1. The Morgan fingerprint density at radius 2 is 1.81 bits per heavy atom. The van der Waals surface area contributed by atoms with E-state index < -0.39 is 42.2 Å². The molecule has 1 aliphatic rings. The largest absolute Gasteiger partial charge is 0.481 e. The van der Waals surface area contributed by atoms with Gasteiger partial charge in [-0.2, -0.15) is 0 Å². The van der Waals surface area contributed by atoms with Gasteiger partial charge in [0.25, 0.3) is 5.91 Å². The third-order valence-electron chi connectivity index (χ3n) is 4.54. The molecular formula is C22H21N3O6. The number of likely N-dealkylation sites (N-methyl/N-ethyl adjacent to an activating group) is 1. The van der Waals surface area contributed by atoms with E-state index in [-0.39, 0.29) is 0 Å². The highest BCUT2D eigenvalue weighted by molar-refractivity contribution is 6.14. The number of ether oxygens (including phenoxy) is 1. The van der Waals surface area contributed by atoms with Gasteiger partial charge in [0, 0.05) is 19.3 Å². The van der Waals surface area contributed by atoms with E-state index in [0.717, 1.165) is 0 Å². The van der Waals surface area contributed by atoms with E-state index in [0.29, 0.717) is 17.1 Å². The Kier molecular flexibility index (Phi) is 6.66. The molecule has 0 fully saturated rings. The number of carbonyl (C=O) groups is 4. The van der Waals surface area contributed by atoms with E-state index in [4.69, 9.17) is 4.74 Å². The van der Waals surface area contributed by atoms with Crippen molar-refractivity contribution in [1.29, 1.82) is 0 Å². The predicted octanol–water partition coefficient (Wildman–Crippen LogP) is 2.22. The quantitative estimate of drug-likeness (QED) is 0.587. The van der Waals surface area contributed by atoms with Crippen LogP contribution in [0, 0.1) is 0 Å². The van der Waals surface area contributed by atoms with Crippen LogP contribution in [-0.4, -0.2) is 46.8 Å². The lowest BCUT2D eigenvalue weighted by atomic mass is 10.0. The molecule has 160 valence electrons. The van der Waals surface area contributed by atoms with Gasteiger partial charge >= 0.3 is 12.0 Å². The third kappa shape index (κ3) is 5.69. The number of carboxylic acid groups (broad SMARTS) is 1. The second-order valence-electron chi connectivity index (χ2n) is 6.86. The van der Waals surface area contributed by atoms with Gasteiger partial charge < -0.3 is 25.4 Å². The third-order valence-corrected chi connectivity index (χ3v) is 4.54. The van der Waals surface area contributed by atoms with Crippen LogP contribution in [0.15, 0.2) is 66.9 Å². The number of benzene rings is 2. The summed E-state index contributed by atoms with van der Waals surface area (Å²) in [5.41, 5.74) is 0.490. The van der Waals surface area contributed by atoms with Crippen LogP contribution in [-0.2, 0) is 14.4 Å². The van der Waals surface area contributed by atoms with Crippen molar-refractivity contribution < 1.29 is 29.0 Å². The summed E-state index contributed by atoms with van der Waals surface area (Å²) in [6, 6.07) is 12.6. The Labute approximate surface area is 178 Å². The highest BCUT2D eigenvalue weighted by Crippen LogP contribution is 2.26. The first-order valence-electron chi connectivity index (χ1n) is 9.44. The SMILES string of the molecule is CN1C=CC(=O)C(NC(=O)NC(CC(=O)O)c2cccc(Oc3ccccc3)c2)C1=O. The molecule has 0 radical (unpaired) electrons. The fourth-order valence-corrected chi connectivity index (χ4v) is 2.99. The maximum Gasteiger partial charge on any atom is 0.316 e. The number of hydrogen-bond acceptors (Lipinski definition) is 5. The number of para-hydroxylation sites is 1. The van der Waals surface area contributed by atoms with E-state index in [1.807, 2.05) is 18.2 Å². The van der Waals surface area contributed by atoms with E-state index in [1.165, 1.54) is 24.2 Å². The number of aliphatic carboxylic acids is 1. The Morgan fingerprint density at radius 3 is 2.52 bits per heavy atom. The van der Waals surface area contributed by atoms with Crippen molar-refractivity contribution >= 4 is 23.7 Å². The molecule has 2 aromatic rings. The fourth-order valence-electron chi connectivity index (χ4n) is 2.99. The van der Waals surface area contributed by atoms with Crippen molar-refractivity contribution in [3.05, 3.63) is 72.4 Å². The van der Waals surface area contributed by atoms with Gasteiger partial charge in [-0.3, -0.25) is 14.4 Å². The Morgan fingerprint density at radius 1 is 1.10 bits per heavy atom. The molecule has 1 heterocycles. The van der Waals surface area contributed by atoms with Crippen LogP contribution in [0.25, 0.3) is 0 Å². The lowest BCUT2D eigenvalue weighted by Gasteiger charge is -2.25. The van der Waals surface area contributed by atoms with Crippen molar-refractivity contribution in [3.8, 4) is 11.5 Å². The Hall–Kier alpha value is -4.14. The summed E-state index contributed by atoms with van der Waals surface area (Å²) in [6.07, 6.45) is 2.09. The van der Waals surface area contributed by atoms with Crippen LogP contribution < -0.4 is 15.4 Å². The van der Waals surface area contributed by atoms with Crippen LogP contribution in [0.2, 0.25) is 0 Å². The number of ketones is 1. The maximum atomic E-state index is 12.5. The molecule has 1 aliphatic heterocycles. The zero-order valence-corrected chi connectivity index (χ0v) is 16.6. The Bertz CT molecular complexity index is 1020. The molecule has 2 atom stereocenters. The molecule has 2 unspecified atom stereocenters. The minimum atomic E-state index is -1.37. The monoisotopic (exact) mass is 423 g/mol. The van der Waals surface area contributed by atoms with Gasteiger partial charge in [-0.1, -0.05) is 30.3 Å². The average molecular weight is 423 g/mol. The number of rotatable bonds is 7. The maximum absolute atomic E-state index is 12.5. The summed E-state index contributed by atoms with van der Waals surface area (Å²) < 4.78 is 5.76. The highest BCUT2D eigenvalue weighted by Gasteiger charge is 2.32. The number of nitrogens with zero attached hydrogens (tertiary/aromatic N) is 1. The molecule has 0 aromatic heterocycles. The standard InChI is InChI=1S/C22H21N3O6/c1-25-11-10-18(26)20(21(25)29)24-22(30)23-17(13-19(27)28)14-6-5-9-16(12-14)31-15-7-3-2-4-8-15/h2-12,17,20H,13H2,1H3,(H,27,28)(H2,23,24,30). The fraction of sp³-hybridized carbons (Fsp3) is 0.182. The van der Waals surface area contributed by atoms with Crippen LogP contribution >= 0.6 is 0 Å². The van der Waals surface area contributed by atoms with Crippen molar-refractivity contribution in [2.24, 2.45) is 0 Å². The van der Waals surface area contributed by atoms with Crippen molar-refractivity contribution in [2.75, 3.05) is 7.05 Å². The lowest BCUT2D eigenvalue weighted by Crippen LogP contribution is -2.55. The van der Waals surface area contributed by atoms with E-state index >= 15 is 0 Å². The molecule has 0 saturated carbocycles. The number of carboxylic acids is 1. The van der Waals surface area contributed by atoms with Gasteiger partial charge in [0.05, 0.1) is 12.5 Å². The van der Waals surface area contributed by atoms with Gasteiger partial charge in [0.15, 0.2) is 11.8 Å². The first-order chi connectivity index (χ1) is 14.8. The van der Waals surface area contributed by atoms with Crippen LogP contribution in [0.3, 0.4) is 0 Å². The van der Waals surface area contributed by atoms with Gasteiger partial charge in [0.2, 0.25) is 0 Å². The highest BCUT2D eigenvalue weighted by atomic mass is 16.5. The molecule has 0 aliphatic carbocycles. The normalized spacial score (nSPS) is 16.5. The van der Waals surface area contributed by atoms with Gasteiger partial charge in [-0.25, -0.2) is 4.79 Å². The molecule has 0 spiro atoms. The van der Waals surface area contributed by atoms with Crippen molar-refractivity contribution in [1.82, 2.24) is 15.5 Å². The summed E-state index contributed by atoms with van der Waals surface area (Å²) in [5, 5.41) is 14.1. The minimum absolute atomic E-state index is 0.408. The Balaban J connectivity index is 1.74. The van der Waals surface area contributed by atoms with E-state index in [2.05, 4.69) is 10.6 Å². The zero-order chi connectivity index (χ0) is 22.4. The number of carbonyl (C=O) groups excluding carboxylic acids is 3. The molecule has 31 heavy (non-hydrogen) atoms. The van der Waals surface area contributed by atoms with Gasteiger partial charge in [-0.15, -0.1) is 0 Å². The predicted molar refractivity (Wildman–Crippen MR) is 110 cm³/mol. The first kappa shape index (κ1) is 21.6.